The zero-order valence-corrected chi connectivity index (χ0v) is 10.8. The van der Waals surface area contributed by atoms with Crippen molar-refractivity contribution in [1.29, 1.82) is 0 Å². The highest BCUT2D eigenvalue weighted by Gasteiger charge is 2.17. The van der Waals surface area contributed by atoms with Crippen LogP contribution in [0.25, 0.3) is 0 Å². The molecule has 0 amide bonds. The van der Waals surface area contributed by atoms with E-state index < -0.39 is 0 Å². The van der Waals surface area contributed by atoms with Gasteiger partial charge in [-0.25, -0.2) is 0 Å². The summed E-state index contributed by atoms with van der Waals surface area (Å²) < 4.78 is 2.07. The molecule has 1 aliphatic carbocycles. The summed E-state index contributed by atoms with van der Waals surface area (Å²) >= 11 is 6.27. The Hall–Kier alpha value is -0.500. The second-order valence-corrected chi connectivity index (χ2v) is 5.19. The number of hydrogen-bond acceptors (Lipinski definition) is 1. The van der Waals surface area contributed by atoms with Gasteiger partial charge >= 0.3 is 0 Å². The Kier molecular flexibility index (Phi) is 4.28. The van der Waals surface area contributed by atoms with E-state index in [1.165, 1.54) is 38.5 Å². The molecule has 3 heteroatoms. The van der Waals surface area contributed by atoms with Gasteiger partial charge in [0.2, 0.25) is 0 Å². The average Bonchev–Trinajstić information content (AvgIpc) is 2.52. The molecule has 0 radical (unpaired) electrons. The molecule has 0 N–H and O–H groups in total. The fourth-order valence-corrected chi connectivity index (χ4v) is 2.86. The summed E-state index contributed by atoms with van der Waals surface area (Å²) in [6, 6.07) is 2.58. The van der Waals surface area contributed by atoms with E-state index in [0.29, 0.717) is 6.04 Å². The highest BCUT2D eigenvalue weighted by Crippen LogP contribution is 2.29. The predicted molar refractivity (Wildman–Crippen MR) is 68.0 cm³/mol. The first-order valence-corrected chi connectivity index (χ1v) is 6.93. The van der Waals surface area contributed by atoms with Gasteiger partial charge in [0.25, 0.3) is 0 Å². The largest absolute Gasteiger partial charge is 0.251 e. The van der Waals surface area contributed by atoms with Crippen molar-refractivity contribution in [2.24, 2.45) is 0 Å². The van der Waals surface area contributed by atoms with Crippen molar-refractivity contribution in [3.05, 3.63) is 16.9 Å². The third kappa shape index (κ3) is 2.79. The van der Waals surface area contributed by atoms with Gasteiger partial charge in [0, 0.05) is 0 Å². The van der Waals surface area contributed by atoms with Gasteiger partial charge in [-0.3, -0.25) is 4.68 Å². The number of nitrogens with zero attached hydrogens (tertiary/aromatic N) is 2. The standard InChI is InChI=1S/C13H21ClN2/c1-2-7-11-10-13(14)16(15-11)12-8-5-3-4-6-9-12/h10,12H,2-9H2,1H3. The second kappa shape index (κ2) is 5.72. The summed E-state index contributed by atoms with van der Waals surface area (Å²) in [5, 5.41) is 5.48. The molecule has 1 saturated carbocycles. The van der Waals surface area contributed by atoms with Crippen molar-refractivity contribution in [2.75, 3.05) is 0 Å². The molecule has 0 bridgehead atoms. The molecule has 0 spiro atoms. The highest BCUT2D eigenvalue weighted by molar-refractivity contribution is 6.29. The van der Waals surface area contributed by atoms with E-state index in [1.54, 1.807) is 0 Å². The molecule has 1 aromatic rings. The van der Waals surface area contributed by atoms with Crippen LogP contribution in [0.3, 0.4) is 0 Å². The third-order valence-electron chi connectivity index (χ3n) is 3.42. The summed E-state index contributed by atoms with van der Waals surface area (Å²) in [5.41, 5.74) is 1.15. The van der Waals surface area contributed by atoms with Crippen LogP contribution in [0.4, 0.5) is 0 Å². The zero-order valence-electron chi connectivity index (χ0n) is 10.1. The van der Waals surface area contributed by atoms with Gasteiger partial charge in [-0.1, -0.05) is 50.6 Å². The number of aromatic nitrogens is 2. The van der Waals surface area contributed by atoms with Crippen molar-refractivity contribution in [3.63, 3.8) is 0 Å². The Morgan fingerprint density at radius 2 is 2.00 bits per heavy atom. The molecule has 90 valence electrons. The zero-order chi connectivity index (χ0) is 11.4. The Balaban J connectivity index is 2.11. The minimum absolute atomic E-state index is 0.542. The molecule has 2 rings (SSSR count). The van der Waals surface area contributed by atoms with Crippen LogP contribution in [-0.2, 0) is 6.42 Å². The van der Waals surface area contributed by atoms with E-state index in [9.17, 15) is 0 Å². The number of hydrogen-bond donors (Lipinski definition) is 0. The summed E-state index contributed by atoms with van der Waals surface area (Å²) in [6.07, 6.45) is 10.1. The van der Waals surface area contributed by atoms with Crippen LogP contribution in [0.2, 0.25) is 5.15 Å². The van der Waals surface area contributed by atoms with E-state index in [2.05, 4.69) is 16.7 Å². The summed E-state index contributed by atoms with van der Waals surface area (Å²) in [7, 11) is 0. The van der Waals surface area contributed by atoms with Gasteiger partial charge in [0.15, 0.2) is 0 Å². The van der Waals surface area contributed by atoms with Crippen LogP contribution in [0.5, 0.6) is 0 Å². The van der Waals surface area contributed by atoms with Crippen LogP contribution in [0, 0.1) is 0 Å². The van der Waals surface area contributed by atoms with Gasteiger partial charge in [-0.15, -0.1) is 0 Å². The Morgan fingerprint density at radius 1 is 1.31 bits per heavy atom. The molecule has 1 aliphatic rings. The van der Waals surface area contributed by atoms with Gasteiger partial charge in [-0.2, -0.15) is 5.10 Å². The Bertz CT molecular complexity index is 325. The second-order valence-electron chi connectivity index (χ2n) is 4.80. The Labute approximate surface area is 103 Å². The normalized spacial score (nSPS) is 18.6. The summed E-state index contributed by atoms with van der Waals surface area (Å²) in [4.78, 5) is 0. The Morgan fingerprint density at radius 3 is 2.62 bits per heavy atom. The van der Waals surface area contributed by atoms with Crippen molar-refractivity contribution < 1.29 is 0 Å². The topological polar surface area (TPSA) is 17.8 Å². The first-order valence-electron chi connectivity index (χ1n) is 6.55. The quantitative estimate of drug-likeness (QED) is 0.717. The molecule has 0 atom stereocenters. The SMILES string of the molecule is CCCc1cc(Cl)n(C2CCCCCC2)n1. The molecule has 2 nitrogen and oxygen atoms in total. The maximum atomic E-state index is 6.27. The molecule has 1 aromatic heterocycles. The molecular formula is C13H21ClN2. The maximum Gasteiger partial charge on any atom is 0.127 e. The average molecular weight is 241 g/mol. The monoisotopic (exact) mass is 240 g/mol. The van der Waals surface area contributed by atoms with E-state index in [1.807, 2.05) is 6.07 Å². The molecule has 1 fully saturated rings. The van der Waals surface area contributed by atoms with Crippen molar-refractivity contribution in [1.82, 2.24) is 9.78 Å². The number of rotatable bonds is 3. The van der Waals surface area contributed by atoms with Crippen molar-refractivity contribution in [2.45, 2.75) is 64.3 Å². The fourth-order valence-electron chi connectivity index (χ4n) is 2.56. The molecule has 0 aliphatic heterocycles. The van der Waals surface area contributed by atoms with Crippen LogP contribution >= 0.6 is 11.6 Å². The third-order valence-corrected chi connectivity index (χ3v) is 3.70. The lowest BCUT2D eigenvalue weighted by molar-refractivity contribution is 0.403. The lowest BCUT2D eigenvalue weighted by Crippen LogP contribution is -2.10. The van der Waals surface area contributed by atoms with E-state index in [-0.39, 0.29) is 0 Å². The van der Waals surface area contributed by atoms with Gasteiger partial charge in [-0.05, 0) is 25.3 Å². The molecule has 0 unspecified atom stereocenters. The van der Waals surface area contributed by atoms with Crippen molar-refractivity contribution in [3.8, 4) is 0 Å². The summed E-state index contributed by atoms with van der Waals surface area (Å²) in [6.45, 7) is 2.18. The molecule has 0 aromatic carbocycles. The van der Waals surface area contributed by atoms with E-state index in [4.69, 9.17) is 11.6 Å². The summed E-state index contributed by atoms with van der Waals surface area (Å²) in [5.74, 6) is 0. The maximum absolute atomic E-state index is 6.27. The van der Waals surface area contributed by atoms with E-state index in [0.717, 1.165) is 23.7 Å². The van der Waals surface area contributed by atoms with Gasteiger partial charge < -0.3 is 0 Å². The van der Waals surface area contributed by atoms with Crippen LogP contribution in [0.1, 0.15) is 63.6 Å². The van der Waals surface area contributed by atoms with Crippen molar-refractivity contribution >= 4 is 11.6 Å². The molecule has 1 heterocycles. The fraction of sp³-hybridized carbons (Fsp3) is 0.769. The lowest BCUT2D eigenvalue weighted by Gasteiger charge is -2.15. The van der Waals surface area contributed by atoms with Crippen LogP contribution < -0.4 is 0 Å². The minimum atomic E-state index is 0.542. The van der Waals surface area contributed by atoms with E-state index >= 15 is 0 Å². The number of halogens is 1. The van der Waals surface area contributed by atoms with Gasteiger partial charge in [0.1, 0.15) is 5.15 Å². The highest BCUT2D eigenvalue weighted by atomic mass is 35.5. The smallest absolute Gasteiger partial charge is 0.127 e. The first-order chi connectivity index (χ1) is 7.81. The molecule has 0 saturated heterocycles. The minimum Gasteiger partial charge on any atom is -0.251 e. The van der Waals surface area contributed by atoms with Crippen LogP contribution in [0.15, 0.2) is 6.07 Å². The predicted octanol–water partition coefficient (Wildman–Crippen LogP) is 4.38. The number of aryl methyl sites for hydroxylation is 1. The molecule has 16 heavy (non-hydrogen) atoms. The van der Waals surface area contributed by atoms with Crippen LogP contribution in [-0.4, -0.2) is 9.78 Å². The first kappa shape index (κ1) is 12.0. The lowest BCUT2D eigenvalue weighted by atomic mass is 10.1. The molecular weight excluding hydrogens is 220 g/mol. The van der Waals surface area contributed by atoms with Gasteiger partial charge in [0.05, 0.1) is 11.7 Å².